The molecule has 0 bridgehead atoms. The molecular weight excluding hydrogens is 162 g/mol. The minimum Gasteiger partial charge on any atom is -0.508 e. The second-order valence-electron chi connectivity index (χ2n) is 4.52. The molecule has 1 rings (SSSR count). The van der Waals surface area contributed by atoms with E-state index in [1.165, 1.54) is 5.56 Å². The van der Waals surface area contributed by atoms with Gasteiger partial charge in [0, 0.05) is 0 Å². The first-order valence-electron chi connectivity index (χ1n) is 4.33. The molecule has 0 amide bonds. The highest BCUT2D eigenvalue weighted by Crippen LogP contribution is 2.07. The standard InChI is InChI=1S/C7H8O.C4H12N/c1-6-2-4-7(8)5-3-6;1-5(2,3)4/h2-5,8H,1H3;1-4H3/q;+1. The first kappa shape index (κ1) is 12.0. The van der Waals surface area contributed by atoms with Crippen molar-refractivity contribution < 1.29 is 9.59 Å². The molecule has 0 fully saturated rings. The molecule has 1 aromatic carbocycles. The lowest BCUT2D eigenvalue weighted by Crippen LogP contribution is -2.27. The van der Waals surface area contributed by atoms with Gasteiger partial charge in [0.25, 0.3) is 0 Å². The minimum atomic E-state index is 0.329. The van der Waals surface area contributed by atoms with Crippen LogP contribution in [0.5, 0.6) is 5.75 Å². The molecule has 0 aromatic heterocycles. The van der Waals surface area contributed by atoms with Crippen LogP contribution in [0.3, 0.4) is 0 Å². The van der Waals surface area contributed by atoms with Crippen LogP contribution < -0.4 is 0 Å². The molecule has 0 heterocycles. The summed E-state index contributed by atoms with van der Waals surface area (Å²) in [6.07, 6.45) is 0. The van der Waals surface area contributed by atoms with Gasteiger partial charge in [0.1, 0.15) is 5.75 Å². The molecule has 0 aliphatic carbocycles. The summed E-state index contributed by atoms with van der Waals surface area (Å²) in [7, 11) is 8.50. The van der Waals surface area contributed by atoms with E-state index in [-0.39, 0.29) is 0 Å². The fourth-order valence-corrected chi connectivity index (χ4v) is 0.545. The van der Waals surface area contributed by atoms with Crippen molar-refractivity contribution in [2.24, 2.45) is 0 Å². The first-order valence-corrected chi connectivity index (χ1v) is 4.33. The van der Waals surface area contributed by atoms with Crippen LogP contribution in [0, 0.1) is 6.92 Å². The molecule has 0 spiro atoms. The van der Waals surface area contributed by atoms with Gasteiger partial charge in [0.05, 0.1) is 28.2 Å². The molecule has 1 N–H and O–H groups in total. The first-order chi connectivity index (χ1) is 5.79. The Bertz CT molecular complexity index is 206. The molecule has 0 unspecified atom stereocenters. The Labute approximate surface area is 81.0 Å². The molecular formula is C11H20NO+. The SMILES string of the molecule is C[N+](C)(C)C.Cc1ccc(O)cc1. The van der Waals surface area contributed by atoms with E-state index in [0.717, 1.165) is 4.48 Å². The molecule has 74 valence electrons. The van der Waals surface area contributed by atoms with Crippen LogP contribution in [0.2, 0.25) is 0 Å². The number of hydrogen-bond acceptors (Lipinski definition) is 1. The van der Waals surface area contributed by atoms with E-state index < -0.39 is 0 Å². The smallest absolute Gasteiger partial charge is 0.115 e. The summed E-state index contributed by atoms with van der Waals surface area (Å²) in [5.41, 5.74) is 1.17. The molecule has 0 atom stereocenters. The fourth-order valence-electron chi connectivity index (χ4n) is 0.545. The van der Waals surface area contributed by atoms with Gasteiger partial charge in [-0.3, -0.25) is 0 Å². The highest BCUT2D eigenvalue weighted by molar-refractivity contribution is 5.24. The van der Waals surface area contributed by atoms with Crippen molar-refractivity contribution >= 4 is 0 Å². The predicted molar refractivity (Wildman–Crippen MR) is 56.8 cm³/mol. The molecule has 0 aliphatic rings. The third-order valence-electron chi connectivity index (χ3n) is 1.03. The number of rotatable bonds is 0. The molecule has 0 radical (unpaired) electrons. The van der Waals surface area contributed by atoms with E-state index in [9.17, 15) is 0 Å². The van der Waals surface area contributed by atoms with Gasteiger partial charge in [-0.25, -0.2) is 0 Å². The normalized spacial score (nSPS) is 10.2. The van der Waals surface area contributed by atoms with Gasteiger partial charge in [0.15, 0.2) is 0 Å². The maximum absolute atomic E-state index is 8.76. The maximum atomic E-state index is 8.76. The van der Waals surface area contributed by atoms with Crippen molar-refractivity contribution in [2.75, 3.05) is 28.2 Å². The van der Waals surface area contributed by atoms with Gasteiger partial charge in [-0.05, 0) is 19.1 Å². The number of benzene rings is 1. The topological polar surface area (TPSA) is 20.2 Å². The Kier molecular flexibility index (Phi) is 4.49. The van der Waals surface area contributed by atoms with Crippen LogP contribution in [0.1, 0.15) is 5.56 Å². The van der Waals surface area contributed by atoms with Gasteiger partial charge in [-0.2, -0.15) is 0 Å². The highest BCUT2D eigenvalue weighted by Gasteiger charge is 1.88. The lowest BCUT2D eigenvalue weighted by molar-refractivity contribution is -0.849. The summed E-state index contributed by atoms with van der Waals surface area (Å²) in [5.74, 6) is 0.329. The summed E-state index contributed by atoms with van der Waals surface area (Å²) in [6.45, 7) is 1.99. The van der Waals surface area contributed by atoms with E-state index in [0.29, 0.717) is 5.75 Å². The number of nitrogens with zero attached hydrogens (tertiary/aromatic N) is 1. The zero-order valence-electron chi connectivity index (χ0n) is 9.20. The van der Waals surface area contributed by atoms with Crippen molar-refractivity contribution in [1.82, 2.24) is 0 Å². The zero-order valence-corrected chi connectivity index (χ0v) is 9.20. The molecule has 2 nitrogen and oxygen atoms in total. The largest absolute Gasteiger partial charge is 0.508 e. The Morgan fingerprint density at radius 3 is 1.46 bits per heavy atom. The van der Waals surface area contributed by atoms with Crippen LogP contribution in [0.15, 0.2) is 24.3 Å². The number of quaternary nitrogens is 1. The van der Waals surface area contributed by atoms with E-state index in [1.54, 1.807) is 12.1 Å². The Morgan fingerprint density at radius 1 is 0.923 bits per heavy atom. The van der Waals surface area contributed by atoms with Crippen molar-refractivity contribution in [3.8, 4) is 5.75 Å². The van der Waals surface area contributed by atoms with E-state index in [2.05, 4.69) is 28.2 Å². The van der Waals surface area contributed by atoms with Crippen molar-refractivity contribution in [3.05, 3.63) is 29.8 Å². The number of hydrogen-bond donors (Lipinski definition) is 1. The molecule has 0 saturated carbocycles. The second kappa shape index (κ2) is 4.87. The van der Waals surface area contributed by atoms with Crippen LogP contribution in [0.4, 0.5) is 0 Å². The van der Waals surface area contributed by atoms with Gasteiger partial charge in [0.2, 0.25) is 0 Å². The molecule has 2 heteroatoms. The summed E-state index contributed by atoms with van der Waals surface area (Å²) in [6, 6.07) is 7.09. The molecule has 13 heavy (non-hydrogen) atoms. The summed E-state index contributed by atoms with van der Waals surface area (Å²) >= 11 is 0. The second-order valence-corrected chi connectivity index (χ2v) is 4.52. The van der Waals surface area contributed by atoms with Crippen LogP contribution in [0.25, 0.3) is 0 Å². The van der Waals surface area contributed by atoms with Crippen LogP contribution >= 0.6 is 0 Å². The van der Waals surface area contributed by atoms with E-state index in [1.807, 2.05) is 19.1 Å². The molecule has 1 aromatic rings. The Morgan fingerprint density at radius 2 is 1.23 bits per heavy atom. The fraction of sp³-hybridized carbons (Fsp3) is 0.455. The number of phenolic OH excluding ortho intramolecular Hbond substituents is 1. The summed E-state index contributed by atoms with van der Waals surface area (Å²) < 4.78 is 1.00. The summed E-state index contributed by atoms with van der Waals surface area (Å²) in [4.78, 5) is 0. The average molecular weight is 182 g/mol. The Balaban J connectivity index is 0.000000252. The average Bonchev–Trinajstić information content (AvgIpc) is 1.92. The Hall–Kier alpha value is -1.02. The molecule has 0 aliphatic heterocycles. The number of aryl methyl sites for hydroxylation is 1. The monoisotopic (exact) mass is 182 g/mol. The van der Waals surface area contributed by atoms with Crippen molar-refractivity contribution in [1.29, 1.82) is 0 Å². The van der Waals surface area contributed by atoms with Gasteiger partial charge in [-0.15, -0.1) is 0 Å². The zero-order chi connectivity index (χ0) is 10.5. The minimum absolute atomic E-state index is 0.329. The number of aromatic hydroxyl groups is 1. The van der Waals surface area contributed by atoms with Crippen molar-refractivity contribution in [3.63, 3.8) is 0 Å². The molecule has 0 saturated heterocycles. The highest BCUT2D eigenvalue weighted by atomic mass is 16.3. The predicted octanol–water partition coefficient (Wildman–Crippen LogP) is 2.02. The number of phenols is 1. The van der Waals surface area contributed by atoms with Gasteiger partial charge < -0.3 is 9.59 Å². The van der Waals surface area contributed by atoms with Gasteiger partial charge in [-0.1, -0.05) is 17.7 Å². The maximum Gasteiger partial charge on any atom is 0.115 e. The van der Waals surface area contributed by atoms with Crippen molar-refractivity contribution in [2.45, 2.75) is 6.92 Å². The lowest BCUT2D eigenvalue weighted by atomic mass is 10.2. The van der Waals surface area contributed by atoms with Gasteiger partial charge >= 0.3 is 0 Å². The summed E-state index contributed by atoms with van der Waals surface area (Å²) in [5, 5.41) is 8.76. The van der Waals surface area contributed by atoms with E-state index in [4.69, 9.17) is 5.11 Å². The lowest BCUT2D eigenvalue weighted by Gasteiger charge is -2.14. The third-order valence-corrected chi connectivity index (χ3v) is 1.03. The van der Waals surface area contributed by atoms with Crippen LogP contribution in [-0.2, 0) is 0 Å². The quantitative estimate of drug-likeness (QED) is 0.609. The van der Waals surface area contributed by atoms with Crippen LogP contribution in [-0.4, -0.2) is 37.8 Å². The third kappa shape index (κ3) is 11.0. The van der Waals surface area contributed by atoms with E-state index >= 15 is 0 Å².